The monoisotopic (exact) mass is 438 g/mol. The van der Waals surface area contributed by atoms with Gasteiger partial charge in [-0.15, -0.1) is 24.8 Å². The maximum Gasteiger partial charge on any atom is 0.226 e. The fraction of sp³-hybridized carbons (Fsp3) is 0.312. The van der Waals surface area contributed by atoms with Crippen LogP contribution in [-0.4, -0.2) is 25.6 Å². The van der Waals surface area contributed by atoms with Gasteiger partial charge in [0.15, 0.2) is 5.82 Å². The summed E-state index contributed by atoms with van der Waals surface area (Å²) in [5, 5.41) is 3.11. The molecule has 0 aliphatic heterocycles. The molecule has 148 valence electrons. The third-order valence-corrected chi connectivity index (χ3v) is 4.05. The van der Waals surface area contributed by atoms with Gasteiger partial charge in [-0.05, 0) is 24.6 Å². The zero-order valence-electron chi connectivity index (χ0n) is 14.5. The Hall–Kier alpha value is -1.74. The molecule has 1 unspecified atom stereocenters. The van der Waals surface area contributed by atoms with Crippen molar-refractivity contribution >= 4 is 53.3 Å². The lowest BCUT2D eigenvalue weighted by molar-refractivity contribution is 0.586. The van der Waals surface area contributed by atoms with E-state index in [1.165, 1.54) is 12.3 Å². The van der Waals surface area contributed by atoms with Crippen molar-refractivity contribution in [3.8, 4) is 0 Å². The number of hydrogen-bond donors (Lipinski definition) is 2. The average Bonchev–Trinajstić information content (AvgIpc) is 2.78. The van der Waals surface area contributed by atoms with E-state index in [0.717, 1.165) is 6.20 Å². The first-order valence-corrected chi connectivity index (χ1v) is 8.04. The summed E-state index contributed by atoms with van der Waals surface area (Å²) in [5.74, 6) is -0.711. The van der Waals surface area contributed by atoms with Crippen molar-refractivity contribution in [3.05, 3.63) is 46.6 Å². The third-order valence-electron chi connectivity index (χ3n) is 3.88. The number of nitrogens with zero attached hydrogens (tertiary/aromatic N) is 4. The van der Waals surface area contributed by atoms with Gasteiger partial charge in [-0.25, -0.2) is 8.78 Å². The van der Waals surface area contributed by atoms with Gasteiger partial charge in [-0.3, -0.25) is 4.98 Å². The van der Waals surface area contributed by atoms with E-state index in [4.69, 9.17) is 17.3 Å². The minimum atomic E-state index is -0.461. The molecule has 0 bridgehead atoms. The number of anilines is 1. The van der Waals surface area contributed by atoms with E-state index in [1.807, 2.05) is 0 Å². The summed E-state index contributed by atoms with van der Waals surface area (Å²) in [4.78, 5) is 11.9. The van der Waals surface area contributed by atoms with Crippen molar-refractivity contribution in [2.24, 2.45) is 12.8 Å². The summed E-state index contributed by atoms with van der Waals surface area (Å²) >= 11 is 5.97. The van der Waals surface area contributed by atoms with E-state index in [-0.39, 0.29) is 53.9 Å². The van der Waals surface area contributed by atoms with Gasteiger partial charge in [0.05, 0.1) is 17.3 Å². The van der Waals surface area contributed by atoms with E-state index in [1.54, 1.807) is 18.5 Å². The first kappa shape index (κ1) is 23.3. The summed E-state index contributed by atoms with van der Waals surface area (Å²) in [6, 6.07) is 1.31. The van der Waals surface area contributed by atoms with Crippen molar-refractivity contribution in [2.45, 2.75) is 25.9 Å². The second-order valence-electron chi connectivity index (χ2n) is 5.86. The summed E-state index contributed by atoms with van der Waals surface area (Å²) < 4.78 is 30.3. The maximum absolute atomic E-state index is 14.9. The highest BCUT2D eigenvalue weighted by molar-refractivity contribution is 6.28. The summed E-state index contributed by atoms with van der Waals surface area (Å²) in [6.45, 7) is 1.90. The first-order valence-electron chi connectivity index (χ1n) is 7.66. The molecule has 3 aromatic rings. The molecule has 6 nitrogen and oxygen atoms in total. The van der Waals surface area contributed by atoms with Crippen LogP contribution < -0.4 is 11.1 Å². The zero-order valence-corrected chi connectivity index (χ0v) is 16.9. The van der Waals surface area contributed by atoms with Crippen LogP contribution in [0.4, 0.5) is 14.6 Å². The van der Waals surface area contributed by atoms with Crippen molar-refractivity contribution in [1.29, 1.82) is 0 Å². The largest absolute Gasteiger partial charge is 0.365 e. The number of fused-ring (bicyclic) bond motifs is 1. The first-order chi connectivity index (χ1) is 11.9. The van der Waals surface area contributed by atoms with E-state index in [9.17, 15) is 8.78 Å². The second-order valence-corrected chi connectivity index (χ2v) is 6.20. The van der Waals surface area contributed by atoms with E-state index < -0.39 is 11.6 Å². The van der Waals surface area contributed by atoms with Crippen LogP contribution >= 0.6 is 36.4 Å². The van der Waals surface area contributed by atoms with Crippen molar-refractivity contribution in [2.75, 3.05) is 5.32 Å². The van der Waals surface area contributed by atoms with E-state index >= 15 is 0 Å². The number of rotatable bonds is 5. The van der Waals surface area contributed by atoms with Crippen molar-refractivity contribution in [1.82, 2.24) is 19.5 Å². The van der Waals surface area contributed by atoms with Crippen LogP contribution in [0.5, 0.6) is 0 Å². The second kappa shape index (κ2) is 9.45. The topological polar surface area (TPSA) is 81.7 Å². The molecule has 3 N–H and O–H groups in total. The highest BCUT2D eigenvalue weighted by Crippen LogP contribution is 2.30. The number of aryl methyl sites for hydroxylation is 1. The van der Waals surface area contributed by atoms with E-state index in [0.29, 0.717) is 23.3 Å². The number of nitrogens with one attached hydrogen (secondary N) is 1. The summed E-state index contributed by atoms with van der Waals surface area (Å²) in [6.07, 6.45) is 2.94. The minimum Gasteiger partial charge on any atom is -0.365 e. The van der Waals surface area contributed by atoms with Gasteiger partial charge in [-0.2, -0.15) is 9.97 Å². The van der Waals surface area contributed by atoms with Crippen molar-refractivity contribution < 1.29 is 8.78 Å². The quantitative estimate of drug-likeness (QED) is 0.593. The molecular formula is C16H19Cl3F2N6. The lowest BCUT2D eigenvalue weighted by Gasteiger charge is -2.08. The molecule has 3 rings (SSSR count). The molecule has 0 aromatic carbocycles. The number of pyridine rings is 1. The molecule has 0 aliphatic carbocycles. The van der Waals surface area contributed by atoms with Crippen LogP contribution in [0.1, 0.15) is 18.2 Å². The molecule has 3 heterocycles. The van der Waals surface area contributed by atoms with Gasteiger partial charge in [0, 0.05) is 37.8 Å². The maximum atomic E-state index is 14.9. The molecule has 0 spiro atoms. The van der Waals surface area contributed by atoms with E-state index in [2.05, 4.69) is 20.3 Å². The van der Waals surface area contributed by atoms with Gasteiger partial charge >= 0.3 is 0 Å². The highest BCUT2D eigenvalue weighted by atomic mass is 35.5. The predicted molar refractivity (Wildman–Crippen MR) is 107 cm³/mol. The summed E-state index contributed by atoms with van der Waals surface area (Å²) in [7, 11) is 1.69. The number of hydrogen-bond acceptors (Lipinski definition) is 5. The standard InChI is InChI=1S/C16H17ClF2N6.2ClH/c1-8(20)5-11-13(19)12-14(23-16(17)24-15(12)25(11)2)22-6-9-3-4-21-7-10(9)18;;/h3-4,7-8H,5-6,20H2,1-2H3,(H,22,23,24);2*1H. The molecule has 0 radical (unpaired) electrons. The Labute approximate surface area is 172 Å². The van der Waals surface area contributed by atoms with Crippen molar-refractivity contribution in [3.63, 3.8) is 0 Å². The number of halogens is 5. The Bertz CT molecular complexity index is 932. The Morgan fingerprint density at radius 2 is 2.00 bits per heavy atom. The van der Waals surface area contributed by atoms with Crippen LogP contribution in [0.15, 0.2) is 18.5 Å². The van der Waals surface area contributed by atoms with Crippen LogP contribution in [-0.2, 0) is 20.0 Å². The van der Waals surface area contributed by atoms with Crippen LogP contribution in [0.25, 0.3) is 11.0 Å². The summed E-state index contributed by atoms with van der Waals surface area (Å²) in [5.41, 5.74) is 6.95. The van der Waals surface area contributed by atoms with Gasteiger partial charge in [0.1, 0.15) is 17.3 Å². The average molecular weight is 440 g/mol. The lowest BCUT2D eigenvalue weighted by Crippen LogP contribution is -2.20. The molecule has 3 aromatic heterocycles. The van der Waals surface area contributed by atoms with Crippen LogP contribution in [0, 0.1) is 11.6 Å². The molecule has 27 heavy (non-hydrogen) atoms. The van der Waals surface area contributed by atoms with Crippen LogP contribution in [0.2, 0.25) is 5.28 Å². The van der Waals surface area contributed by atoms with Gasteiger partial charge < -0.3 is 15.6 Å². The Kier molecular flexibility index (Phi) is 8.16. The van der Waals surface area contributed by atoms with Gasteiger partial charge in [-0.1, -0.05) is 0 Å². The molecule has 0 aliphatic rings. The molecule has 0 saturated carbocycles. The highest BCUT2D eigenvalue weighted by Gasteiger charge is 2.22. The number of nitrogens with two attached hydrogens (primary N) is 1. The zero-order chi connectivity index (χ0) is 18.1. The molecule has 0 saturated heterocycles. The van der Waals surface area contributed by atoms with Crippen LogP contribution in [0.3, 0.4) is 0 Å². The van der Waals surface area contributed by atoms with Gasteiger partial charge in [0.25, 0.3) is 0 Å². The molecule has 0 amide bonds. The normalized spacial score (nSPS) is 11.6. The molecular weight excluding hydrogens is 421 g/mol. The molecule has 0 fully saturated rings. The van der Waals surface area contributed by atoms with Gasteiger partial charge in [0.2, 0.25) is 5.28 Å². The number of aromatic nitrogens is 4. The molecule has 1 atom stereocenters. The Balaban J connectivity index is 0.00000182. The third kappa shape index (κ3) is 4.76. The Morgan fingerprint density at radius 1 is 1.30 bits per heavy atom. The predicted octanol–water partition coefficient (Wildman–Crippen LogP) is 3.64. The SMILES string of the molecule is CC(N)Cc1c(F)c2c(NCc3ccncc3F)nc(Cl)nc2n1C.Cl.Cl. The lowest BCUT2D eigenvalue weighted by atomic mass is 10.2. The smallest absolute Gasteiger partial charge is 0.226 e. The fourth-order valence-electron chi connectivity index (χ4n) is 2.67. The molecule has 11 heteroatoms. The Morgan fingerprint density at radius 3 is 2.63 bits per heavy atom. The minimum absolute atomic E-state index is 0. The fourth-order valence-corrected chi connectivity index (χ4v) is 2.84.